The van der Waals surface area contributed by atoms with Crippen molar-refractivity contribution in [1.29, 1.82) is 0 Å². The molecule has 5 heteroatoms. The van der Waals surface area contributed by atoms with Gasteiger partial charge in [0.15, 0.2) is 0 Å². The lowest BCUT2D eigenvalue weighted by Gasteiger charge is -2.31. The summed E-state index contributed by atoms with van der Waals surface area (Å²) in [6.45, 7) is 3.35. The Morgan fingerprint density at radius 2 is 2.47 bits per heavy atom. The summed E-state index contributed by atoms with van der Waals surface area (Å²) >= 11 is 0. The summed E-state index contributed by atoms with van der Waals surface area (Å²) in [5.41, 5.74) is 0.617. The van der Waals surface area contributed by atoms with Crippen LogP contribution in [0.2, 0.25) is 0 Å². The van der Waals surface area contributed by atoms with Crippen molar-refractivity contribution in [3.05, 3.63) is 23.7 Å². The number of furan rings is 1. The van der Waals surface area contributed by atoms with Gasteiger partial charge in [-0.05, 0) is 6.07 Å². The van der Waals surface area contributed by atoms with Gasteiger partial charge in [0.25, 0.3) is 5.91 Å². The summed E-state index contributed by atoms with van der Waals surface area (Å²) in [6.07, 6.45) is 1.96. The number of morpholine rings is 1. The topological polar surface area (TPSA) is 62.9 Å². The zero-order valence-corrected chi connectivity index (χ0v) is 9.89. The molecule has 0 radical (unpaired) electrons. The molecule has 17 heavy (non-hydrogen) atoms. The zero-order valence-electron chi connectivity index (χ0n) is 9.89. The Labute approximate surface area is 100.0 Å². The molecule has 1 atom stereocenters. The van der Waals surface area contributed by atoms with Gasteiger partial charge in [0.05, 0.1) is 31.1 Å². The van der Waals surface area contributed by atoms with E-state index in [0.29, 0.717) is 37.4 Å². The van der Waals surface area contributed by atoms with E-state index in [1.807, 2.05) is 6.92 Å². The lowest BCUT2D eigenvalue weighted by Crippen LogP contribution is -2.47. The smallest absolute Gasteiger partial charge is 0.257 e. The van der Waals surface area contributed by atoms with Gasteiger partial charge in [0.1, 0.15) is 5.76 Å². The Morgan fingerprint density at radius 1 is 1.65 bits per heavy atom. The second-order valence-electron chi connectivity index (χ2n) is 4.04. The highest BCUT2D eigenvalue weighted by atomic mass is 16.5. The maximum atomic E-state index is 12.2. The predicted molar refractivity (Wildman–Crippen MR) is 60.8 cm³/mol. The highest BCUT2D eigenvalue weighted by Crippen LogP contribution is 2.16. The van der Waals surface area contributed by atoms with E-state index in [9.17, 15) is 4.79 Å². The number of hydrogen-bond acceptors (Lipinski definition) is 4. The van der Waals surface area contributed by atoms with Crippen LogP contribution in [0.3, 0.4) is 0 Å². The fourth-order valence-electron chi connectivity index (χ4n) is 1.99. The molecule has 1 unspecified atom stereocenters. The Morgan fingerprint density at radius 3 is 3.18 bits per heavy atom. The highest BCUT2D eigenvalue weighted by Gasteiger charge is 2.26. The molecule has 1 N–H and O–H groups in total. The van der Waals surface area contributed by atoms with E-state index >= 15 is 0 Å². The molecule has 1 aliphatic rings. The molecule has 0 spiro atoms. The molecule has 2 rings (SSSR count). The highest BCUT2D eigenvalue weighted by molar-refractivity contribution is 5.95. The van der Waals surface area contributed by atoms with Crippen molar-refractivity contribution in [2.45, 2.75) is 19.4 Å². The van der Waals surface area contributed by atoms with E-state index < -0.39 is 0 Å². The van der Waals surface area contributed by atoms with Gasteiger partial charge in [-0.1, -0.05) is 6.92 Å². The molecule has 0 bridgehead atoms. The van der Waals surface area contributed by atoms with Crippen molar-refractivity contribution >= 4 is 5.91 Å². The monoisotopic (exact) mass is 239 g/mol. The number of rotatable bonds is 3. The van der Waals surface area contributed by atoms with Gasteiger partial charge in [-0.3, -0.25) is 4.79 Å². The molecule has 5 nitrogen and oxygen atoms in total. The lowest BCUT2D eigenvalue weighted by molar-refractivity contribution is -0.0447. The van der Waals surface area contributed by atoms with Crippen molar-refractivity contribution in [2.24, 2.45) is 0 Å². The second kappa shape index (κ2) is 5.33. The first kappa shape index (κ1) is 12.1. The summed E-state index contributed by atoms with van der Waals surface area (Å²) in [7, 11) is 0. The van der Waals surface area contributed by atoms with Gasteiger partial charge < -0.3 is 19.2 Å². The Bertz CT molecular complexity index is 388. The number of aliphatic hydroxyl groups excluding tert-OH is 1. The van der Waals surface area contributed by atoms with Gasteiger partial charge in [-0.2, -0.15) is 0 Å². The van der Waals surface area contributed by atoms with Gasteiger partial charge in [-0.15, -0.1) is 0 Å². The summed E-state index contributed by atoms with van der Waals surface area (Å²) in [5, 5.41) is 9.04. The van der Waals surface area contributed by atoms with Crippen molar-refractivity contribution in [1.82, 2.24) is 4.90 Å². The van der Waals surface area contributed by atoms with Crippen molar-refractivity contribution in [3.8, 4) is 0 Å². The predicted octanol–water partition coefficient (Wildman–Crippen LogP) is 0.675. The van der Waals surface area contributed by atoms with Crippen LogP contribution in [0.15, 0.2) is 16.7 Å². The fraction of sp³-hybridized carbons (Fsp3) is 0.583. The Hall–Kier alpha value is -1.33. The zero-order chi connectivity index (χ0) is 12.3. The molecule has 2 heterocycles. The summed E-state index contributed by atoms with van der Waals surface area (Å²) in [5.74, 6) is 0.666. The molecular weight excluding hydrogens is 222 g/mol. The van der Waals surface area contributed by atoms with E-state index in [1.165, 1.54) is 6.26 Å². The van der Waals surface area contributed by atoms with E-state index in [2.05, 4.69) is 0 Å². The first-order valence-electron chi connectivity index (χ1n) is 5.84. The first-order valence-corrected chi connectivity index (χ1v) is 5.84. The molecule has 1 amide bonds. The average molecular weight is 239 g/mol. The molecule has 94 valence electrons. The maximum Gasteiger partial charge on any atom is 0.257 e. The molecule has 1 fully saturated rings. The van der Waals surface area contributed by atoms with Gasteiger partial charge in [-0.25, -0.2) is 0 Å². The minimum absolute atomic E-state index is 0.0441. The number of carbonyl (C=O) groups excluding carboxylic acids is 1. The van der Waals surface area contributed by atoms with Crippen LogP contribution in [-0.2, 0) is 11.2 Å². The van der Waals surface area contributed by atoms with Crippen molar-refractivity contribution in [2.75, 3.05) is 26.3 Å². The molecular formula is C12H17NO4. The fourth-order valence-corrected chi connectivity index (χ4v) is 1.99. The Balaban J connectivity index is 2.09. The number of carbonyl (C=O) groups is 1. The summed E-state index contributed by atoms with van der Waals surface area (Å²) in [6, 6.07) is 1.70. The number of aliphatic hydroxyl groups is 1. The van der Waals surface area contributed by atoms with Crippen LogP contribution >= 0.6 is 0 Å². The number of nitrogens with zero attached hydrogens (tertiary/aromatic N) is 1. The molecule has 0 saturated carbocycles. The number of hydrogen-bond donors (Lipinski definition) is 1. The maximum absolute atomic E-state index is 12.2. The number of amides is 1. The van der Waals surface area contributed by atoms with Crippen LogP contribution in [0.5, 0.6) is 0 Å². The normalized spacial score (nSPS) is 20.6. The van der Waals surface area contributed by atoms with Crippen LogP contribution in [0.4, 0.5) is 0 Å². The van der Waals surface area contributed by atoms with Crippen molar-refractivity contribution in [3.63, 3.8) is 0 Å². The van der Waals surface area contributed by atoms with E-state index in [1.54, 1.807) is 11.0 Å². The molecule has 1 aromatic heterocycles. The SMILES string of the molecule is CCc1occc1C(=O)N1CCOC(CO)C1. The molecule has 1 aliphatic heterocycles. The minimum atomic E-state index is -0.273. The van der Waals surface area contributed by atoms with Crippen LogP contribution < -0.4 is 0 Å². The minimum Gasteiger partial charge on any atom is -0.469 e. The lowest BCUT2D eigenvalue weighted by atomic mass is 10.1. The third-order valence-corrected chi connectivity index (χ3v) is 2.93. The molecule has 0 aromatic carbocycles. The van der Waals surface area contributed by atoms with Crippen LogP contribution in [0, 0.1) is 0 Å². The van der Waals surface area contributed by atoms with E-state index in [0.717, 1.165) is 0 Å². The quantitative estimate of drug-likeness (QED) is 0.842. The summed E-state index contributed by atoms with van der Waals surface area (Å²) in [4.78, 5) is 13.9. The molecule has 1 saturated heterocycles. The van der Waals surface area contributed by atoms with E-state index in [-0.39, 0.29) is 18.6 Å². The third-order valence-electron chi connectivity index (χ3n) is 2.93. The van der Waals surface area contributed by atoms with E-state index in [4.69, 9.17) is 14.3 Å². The average Bonchev–Trinajstić information content (AvgIpc) is 2.86. The van der Waals surface area contributed by atoms with Crippen LogP contribution in [0.1, 0.15) is 23.0 Å². The van der Waals surface area contributed by atoms with Crippen LogP contribution in [0.25, 0.3) is 0 Å². The molecule has 1 aromatic rings. The van der Waals surface area contributed by atoms with Crippen molar-refractivity contribution < 1.29 is 19.1 Å². The standard InChI is InChI=1S/C12H17NO4/c1-2-11-10(3-5-17-11)12(15)13-4-6-16-9(7-13)8-14/h3,5,9,14H,2,4,6-8H2,1H3. The first-order chi connectivity index (χ1) is 8.26. The Kier molecular flexibility index (Phi) is 3.81. The third kappa shape index (κ3) is 2.50. The number of aryl methyl sites for hydroxylation is 1. The second-order valence-corrected chi connectivity index (χ2v) is 4.04. The number of ether oxygens (including phenoxy) is 1. The summed E-state index contributed by atoms with van der Waals surface area (Å²) < 4.78 is 10.6. The van der Waals surface area contributed by atoms with Gasteiger partial charge in [0.2, 0.25) is 0 Å². The molecule has 0 aliphatic carbocycles. The van der Waals surface area contributed by atoms with Gasteiger partial charge in [0, 0.05) is 19.5 Å². The van der Waals surface area contributed by atoms with Crippen LogP contribution in [-0.4, -0.2) is 48.3 Å². The van der Waals surface area contributed by atoms with Gasteiger partial charge >= 0.3 is 0 Å². The largest absolute Gasteiger partial charge is 0.469 e.